The number of hydrogen-bond donors (Lipinski definition) is 1. The number of aliphatic hydroxyl groups is 1. The minimum Gasteiger partial charge on any atom is -0.438 e. The molecule has 1 heterocycles. The summed E-state index contributed by atoms with van der Waals surface area (Å²) in [6.45, 7) is 6.38. The van der Waals surface area contributed by atoms with Crippen molar-refractivity contribution < 1.29 is 9.52 Å². The lowest BCUT2D eigenvalue weighted by Crippen LogP contribution is -2.16. The zero-order valence-electron chi connectivity index (χ0n) is 9.03. The topological polar surface area (TPSA) is 46.3 Å². The van der Waals surface area contributed by atoms with Crippen LogP contribution in [0.25, 0.3) is 0 Å². The molecular formula is C11H13NO2Si. The van der Waals surface area contributed by atoms with Crippen molar-refractivity contribution in [1.29, 1.82) is 0 Å². The van der Waals surface area contributed by atoms with Crippen LogP contribution in [0.15, 0.2) is 10.7 Å². The molecule has 0 spiro atoms. The SMILES string of the molecule is C#CC(O)c1coc(C#C[Si](C)(C)C)n1. The van der Waals surface area contributed by atoms with Crippen LogP contribution in [0, 0.1) is 23.8 Å². The summed E-state index contributed by atoms with van der Waals surface area (Å²) >= 11 is 0. The first-order chi connectivity index (χ1) is 6.92. The summed E-state index contributed by atoms with van der Waals surface area (Å²) in [4.78, 5) is 3.97. The molecule has 0 aliphatic carbocycles. The average molecular weight is 219 g/mol. The van der Waals surface area contributed by atoms with Gasteiger partial charge in [0.15, 0.2) is 6.10 Å². The first-order valence-electron chi connectivity index (χ1n) is 4.55. The standard InChI is InChI=1S/C11H13NO2Si/c1-5-10(13)9-8-14-11(12-9)6-7-15(2,3)4/h1,8,10,13H,2-4H3. The average Bonchev–Trinajstić information content (AvgIpc) is 2.61. The minimum atomic E-state index is -1.43. The number of aliphatic hydroxyl groups excluding tert-OH is 1. The predicted octanol–water partition coefficient (Wildman–Crippen LogP) is 1.57. The Balaban J connectivity index is 2.86. The predicted molar refractivity (Wildman–Crippen MR) is 60.5 cm³/mol. The van der Waals surface area contributed by atoms with Crippen LogP contribution in [-0.2, 0) is 0 Å². The second-order valence-corrected chi connectivity index (χ2v) is 8.90. The van der Waals surface area contributed by atoms with Crippen molar-refractivity contribution >= 4 is 8.07 Å². The minimum absolute atomic E-state index is 0.307. The van der Waals surface area contributed by atoms with Crippen LogP contribution in [0.2, 0.25) is 19.6 Å². The molecule has 0 aliphatic rings. The summed E-state index contributed by atoms with van der Waals surface area (Å²) < 4.78 is 5.06. The van der Waals surface area contributed by atoms with E-state index in [1.165, 1.54) is 6.26 Å². The van der Waals surface area contributed by atoms with Gasteiger partial charge < -0.3 is 9.52 Å². The molecule has 3 nitrogen and oxygen atoms in total. The summed E-state index contributed by atoms with van der Waals surface area (Å²) in [5.74, 6) is 5.31. The van der Waals surface area contributed by atoms with E-state index in [-0.39, 0.29) is 0 Å². The Labute approximate surface area is 90.5 Å². The van der Waals surface area contributed by atoms with E-state index < -0.39 is 14.2 Å². The zero-order chi connectivity index (χ0) is 11.5. The molecule has 4 heteroatoms. The van der Waals surface area contributed by atoms with E-state index in [1.807, 2.05) is 0 Å². The van der Waals surface area contributed by atoms with Crippen molar-refractivity contribution in [2.45, 2.75) is 25.7 Å². The molecule has 1 rings (SSSR count). The van der Waals surface area contributed by atoms with E-state index in [4.69, 9.17) is 10.8 Å². The van der Waals surface area contributed by atoms with Crippen LogP contribution >= 0.6 is 0 Å². The fourth-order valence-corrected chi connectivity index (χ4v) is 1.28. The lowest BCUT2D eigenvalue weighted by molar-refractivity contribution is 0.233. The summed E-state index contributed by atoms with van der Waals surface area (Å²) in [5.41, 5.74) is 3.44. The lowest BCUT2D eigenvalue weighted by Gasteiger charge is -2.02. The van der Waals surface area contributed by atoms with E-state index in [1.54, 1.807) is 0 Å². The third kappa shape index (κ3) is 3.63. The first-order valence-corrected chi connectivity index (χ1v) is 8.05. The van der Waals surface area contributed by atoms with Gasteiger partial charge in [0.2, 0.25) is 0 Å². The molecule has 0 aromatic carbocycles. The van der Waals surface area contributed by atoms with Crippen LogP contribution in [0.1, 0.15) is 17.7 Å². The molecule has 1 unspecified atom stereocenters. The smallest absolute Gasteiger partial charge is 0.272 e. The van der Waals surface area contributed by atoms with Gasteiger partial charge >= 0.3 is 0 Å². The Kier molecular flexibility index (Phi) is 3.36. The number of hydrogen-bond acceptors (Lipinski definition) is 3. The van der Waals surface area contributed by atoms with Gasteiger partial charge in [-0.3, -0.25) is 0 Å². The maximum Gasteiger partial charge on any atom is 0.272 e. The zero-order valence-corrected chi connectivity index (χ0v) is 10.0. The third-order valence-corrected chi connectivity index (χ3v) is 2.38. The van der Waals surface area contributed by atoms with Crippen molar-refractivity contribution in [3.05, 3.63) is 17.8 Å². The Morgan fingerprint density at radius 1 is 1.53 bits per heavy atom. The highest BCUT2D eigenvalue weighted by molar-refractivity contribution is 6.83. The Hall–Kier alpha value is -1.49. The Morgan fingerprint density at radius 3 is 2.73 bits per heavy atom. The molecule has 15 heavy (non-hydrogen) atoms. The van der Waals surface area contributed by atoms with Crippen molar-refractivity contribution in [3.8, 4) is 23.8 Å². The van der Waals surface area contributed by atoms with Crippen LogP contribution in [0.3, 0.4) is 0 Å². The molecule has 0 fully saturated rings. The molecule has 0 amide bonds. The number of oxazole rings is 1. The number of terminal acetylenes is 1. The monoisotopic (exact) mass is 219 g/mol. The van der Waals surface area contributed by atoms with Gasteiger partial charge in [-0.2, -0.15) is 0 Å². The summed E-state index contributed by atoms with van der Waals surface area (Å²) in [6, 6.07) is 0. The maximum absolute atomic E-state index is 9.27. The summed E-state index contributed by atoms with van der Waals surface area (Å²) in [5, 5.41) is 9.27. The van der Waals surface area contributed by atoms with Gasteiger partial charge in [-0.1, -0.05) is 25.6 Å². The molecule has 0 bridgehead atoms. The molecule has 0 saturated carbocycles. The van der Waals surface area contributed by atoms with Crippen LogP contribution < -0.4 is 0 Å². The van der Waals surface area contributed by atoms with E-state index in [0.717, 1.165) is 0 Å². The fraction of sp³-hybridized carbons (Fsp3) is 0.364. The van der Waals surface area contributed by atoms with E-state index in [9.17, 15) is 5.11 Å². The van der Waals surface area contributed by atoms with Gasteiger partial charge in [0, 0.05) is 0 Å². The molecule has 1 atom stereocenters. The van der Waals surface area contributed by atoms with Gasteiger partial charge in [-0.05, 0) is 5.92 Å². The highest BCUT2D eigenvalue weighted by Gasteiger charge is 2.11. The third-order valence-electron chi connectivity index (χ3n) is 1.50. The maximum atomic E-state index is 9.27. The molecule has 78 valence electrons. The van der Waals surface area contributed by atoms with E-state index in [0.29, 0.717) is 11.6 Å². The fourth-order valence-electron chi connectivity index (χ4n) is 0.795. The van der Waals surface area contributed by atoms with Crippen LogP contribution in [0.4, 0.5) is 0 Å². The van der Waals surface area contributed by atoms with Gasteiger partial charge in [0.25, 0.3) is 5.89 Å². The van der Waals surface area contributed by atoms with Crippen molar-refractivity contribution in [1.82, 2.24) is 4.98 Å². The van der Waals surface area contributed by atoms with Crippen molar-refractivity contribution in [2.75, 3.05) is 0 Å². The van der Waals surface area contributed by atoms with E-state index in [2.05, 4.69) is 42.0 Å². The highest BCUT2D eigenvalue weighted by atomic mass is 28.3. The molecule has 1 aromatic rings. The first kappa shape index (κ1) is 11.6. The summed E-state index contributed by atoms with van der Waals surface area (Å²) in [7, 11) is -1.43. The molecular weight excluding hydrogens is 206 g/mol. The lowest BCUT2D eigenvalue weighted by atomic mass is 10.3. The Bertz CT molecular complexity index is 440. The van der Waals surface area contributed by atoms with Crippen molar-refractivity contribution in [2.24, 2.45) is 0 Å². The van der Waals surface area contributed by atoms with Gasteiger partial charge in [0.05, 0.1) is 0 Å². The molecule has 1 N–H and O–H groups in total. The molecule has 0 aliphatic heterocycles. The van der Waals surface area contributed by atoms with Crippen molar-refractivity contribution in [3.63, 3.8) is 0 Å². The highest BCUT2D eigenvalue weighted by Crippen LogP contribution is 2.10. The number of aromatic nitrogens is 1. The van der Waals surface area contributed by atoms with Crippen LogP contribution in [-0.4, -0.2) is 18.2 Å². The number of rotatable bonds is 1. The van der Waals surface area contributed by atoms with Crippen LogP contribution in [0.5, 0.6) is 0 Å². The normalized spacial score (nSPS) is 12.5. The molecule has 0 saturated heterocycles. The van der Waals surface area contributed by atoms with Gasteiger partial charge in [-0.15, -0.1) is 12.0 Å². The Morgan fingerprint density at radius 2 is 2.20 bits per heavy atom. The quantitative estimate of drug-likeness (QED) is 0.576. The number of nitrogens with zero attached hydrogens (tertiary/aromatic N) is 1. The largest absolute Gasteiger partial charge is 0.438 e. The molecule has 0 radical (unpaired) electrons. The van der Waals surface area contributed by atoms with Gasteiger partial charge in [-0.25, -0.2) is 4.98 Å². The van der Waals surface area contributed by atoms with E-state index >= 15 is 0 Å². The second kappa shape index (κ2) is 4.35. The summed E-state index contributed by atoms with van der Waals surface area (Å²) in [6.07, 6.45) is 5.36. The molecule has 1 aromatic heterocycles. The van der Waals surface area contributed by atoms with Gasteiger partial charge in [0.1, 0.15) is 20.0 Å². The second-order valence-electron chi connectivity index (χ2n) is 4.15.